The normalized spacial score (nSPS) is 14.5. The number of ether oxygens (including phenoxy) is 1. The van der Waals surface area contributed by atoms with Crippen LogP contribution in [0.2, 0.25) is 0 Å². The molecule has 0 radical (unpaired) electrons. The highest BCUT2D eigenvalue weighted by molar-refractivity contribution is 6.05. The molecule has 7 nitrogen and oxygen atoms in total. The maximum Gasteiger partial charge on any atom is 0.417 e. The minimum atomic E-state index is -4.50. The molecule has 3 aromatic rings. The third-order valence-electron chi connectivity index (χ3n) is 5.10. The van der Waals surface area contributed by atoms with Crippen molar-refractivity contribution in [2.75, 3.05) is 36.5 Å². The Hall–Kier alpha value is -3.47. The molecule has 2 aromatic heterocycles. The fraction of sp³-hybridized carbons (Fsp3) is 0.286. The first-order valence-electron chi connectivity index (χ1n) is 9.76. The van der Waals surface area contributed by atoms with E-state index in [2.05, 4.69) is 15.4 Å². The van der Waals surface area contributed by atoms with E-state index in [1.54, 1.807) is 19.1 Å². The maximum atomic E-state index is 14.6. The van der Waals surface area contributed by atoms with Crippen LogP contribution in [0.1, 0.15) is 21.6 Å². The monoisotopic (exact) mass is 449 g/mol. The van der Waals surface area contributed by atoms with Gasteiger partial charge in [0, 0.05) is 25.0 Å². The van der Waals surface area contributed by atoms with Gasteiger partial charge in [0.25, 0.3) is 5.91 Å². The molecule has 32 heavy (non-hydrogen) atoms. The summed E-state index contributed by atoms with van der Waals surface area (Å²) in [5, 5.41) is 6.67. The minimum absolute atomic E-state index is 0.135. The van der Waals surface area contributed by atoms with Gasteiger partial charge in [0.1, 0.15) is 5.82 Å². The van der Waals surface area contributed by atoms with Gasteiger partial charge in [-0.15, -0.1) is 0 Å². The SMILES string of the molecule is Cc1c(C(=O)Nc2ccc(N3CCOCC3)c(F)c2)cnn1-c1ccc(C(F)(F)F)cn1. The largest absolute Gasteiger partial charge is 0.417 e. The fourth-order valence-corrected chi connectivity index (χ4v) is 3.39. The number of nitrogens with zero attached hydrogens (tertiary/aromatic N) is 4. The summed E-state index contributed by atoms with van der Waals surface area (Å²) in [6.07, 6.45) is -2.51. The van der Waals surface area contributed by atoms with Crippen molar-refractivity contribution in [3.05, 3.63) is 65.4 Å². The predicted molar refractivity (Wildman–Crippen MR) is 108 cm³/mol. The molecule has 0 saturated carbocycles. The number of pyridine rings is 1. The molecule has 0 unspecified atom stereocenters. The van der Waals surface area contributed by atoms with Crippen LogP contribution in [0.3, 0.4) is 0 Å². The van der Waals surface area contributed by atoms with Crippen LogP contribution in [-0.4, -0.2) is 47.0 Å². The Labute approximate surface area is 180 Å². The summed E-state index contributed by atoms with van der Waals surface area (Å²) in [4.78, 5) is 18.3. The molecular weight excluding hydrogens is 430 g/mol. The van der Waals surface area contributed by atoms with E-state index in [0.29, 0.717) is 43.9 Å². The van der Waals surface area contributed by atoms with Gasteiger partial charge in [-0.05, 0) is 37.3 Å². The van der Waals surface area contributed by atoms with Crippen LogP contribution >= 0.6 is 0 Å². The van der Waals surface area contributed by atoms with Crippen LogP contribution < -0.4 is 10.2 Å². The molecule has 4 rings (SSSR count). The molecule has 0 atom stereocenters. The summed E-state index contributed by atoms with van der Waals surface area (Å²) in [6, 6.07) is 6.49. The summed E-state index contributed by atoms with van der Waals surface area (Å²) in [7, 11) is 0. The van der Waals surface area contributed by atoms with E-state index in [4.69, 9.17) is 4.74 Å². The number of rotatable bonds is 4. The molecule has 1 N–H and O–H groups in total. The number of carbonyl (C=O) groups is 1. The van der Waals surface area contributed by atoms with Crippen molar-refractivity contribution in [2.45, 2.75) is 13.1 Å². The van der Waals surface area contributed by atoms with Gasteiger partial charge in [-0.1, -0.05) is 0 Å². The number of amides is 1. The van der Waals surface area contributed by atoms with Crippen molar-refractivity contribution in [3.63, 3.8) is 0 Å². The summed E-state index contributed by atoms with van der Waals surface area (Å²) in [5.41, 5.74) is 0.379. The van der Waals surface area contributed by atoms with Gasteiger partial charge < -0.3 is 15.0 Å². The van der Waals surface area contributed by atoms with Crippen molar-refractivity contribution in [1.29, 1.82) is 0 Å². The lowest BCUT2D eigenvalue weighted by Crippen LogP contribution is -2.36. The molecule has 168 valence electrons. The number of hydrogen-bond acceptors (Lipinski definition) is 5. The summed E-state index contributed by atoms with van der Waals surface area (Å²) in [5.74, 6) is -0.860. The molecule has 1 amide bonds. The first-order chi connectivity index (χ1) is 15.2. The number of morpholine rings is 1. The molecule has 1 saturated heterocycles. The van der Waals surface area contributed by atoms with E-state index in [-0.39, 0.29) is 17.1 Å². The zero-order valence-electron chi connectivity index (χ0n) is 17.0. The lowest BCUT2D eigenvalue weighted by atomic mass is 10.2. The highest BCUT2D eigenvalue weighted by atomic mass is 19.4. The Kier molecular flexibility index (Phi) is 5.83. The van der Waals surface area contributed by atoms with E-state index in [1.165, 1.54) is 23.0 Å². The van der Waals surface area contributed by atoms with Crippen molar-refractivity contribution >= 4 is 17.3 Å². The zero-order chi connectivity index (χ0) is 22.9. The highest BCUT2D eigenvalue weighted by Crippen LogP contribution is 2.29. The average molecular weight is 449 g/mol. The second-order valence-electron chi connectivity index (χ2n) is 7.18. The Balaban J connectivity index is 1.50. The summed E-state index contributed by atoms with van der Waals surface area (Å²) >= 11 is 0. The Morgan fingerprint density at radius 1 is 1.12 bits per heavy atom. The molecular formula is C21H19F4N5O2. The van der Waals surface area contributed by atoms with Gasteiger partial charge in [0.2, 0.25) is 0 Å². The van der Waals surface area contributed by atoms with E-state index in [0.717, 1.165) is 6.07 Å². The Morgan fingerprint density at radius 3 is 2.50 bits per heavy atom. The van der Waals surface area contributed by atoms with E-state index < -0.39 is 23.5 Å². The highest BCUT2D eigenvalue weighted by Gasteiger charge is 2.31. The Bertz CT molecular complexity index is 1120. The standard InChI is InChI=1S/C21H19F4N5O2/c1-13-16(12-27-30(13)19-5-2-14(11-26-19)21(23,24)25)20(31)28-15-3-4-18(17(22)10-15)29-6-8-32-9-7-29/h2-5,10-12H,6-9H2,1H3,(H,28,31). The van der Waals surface area contributed by atoms with E-state index in [9.17, 15) is 22.4 Å². The maximum absolute atomic E-state index is 14.6. The number of carbonyl (C=O) groups excluding carboxylic acids is 1. The first-order valence-corrected chi connectivity index (χ1v) is 9.76. The second-order valence-corrected chi connectivity index (χ2v) is 7.18. The molecule has 0 spiro atoms. The number of anilines is 2. The van der Waals surface area contributed by atoms with Crippen molar-refractivity contribution in [3.8, 4) is 5.82 Å². The number of aromatic nitrogens is 3. The number of halogens is 4. The number of hydrogen-bond donors (Lipinski definition) is 1. The van der Waals surface area contributed by atoms with Gasteiger partial charge in [0.05, 0.1) is 41.9 Å². The number of nitrogens with one attached hydrogen (secondary N) is 1. The molecule has 0 aliphatic carbocycles. The van der Waals surface area contributed by atoms with Gasteiger partial charge >= 0.3 is 6.18 Å². The van der Waals surface area contributed by atoms with Crippen molar-refractivity contribution in [2.24, 2.45) is 0 Å². The van der Waals surface area contributed by atoms with Gasteiger partial charge in [-0.3, -0.25) is 4.79 Å². The number of alkyl halides is 3. The summed E-state index contributed by atoms with van der Waals surface area (Å²) in [6.45, 7) is 3.80. The molecule has 1 fully saturated rings. The Morgan fingerprint density at radius 2 is 1.88 bits per heavy atom. The molecule has 1 aliphatic rings. The molecule has 0 bridgehead atoms. The zero-order valence-corrected chi connectivity index (χ0v) is 17.0. The fourth-order valence-electron chi connectivity index (χ4n) is 3.39. The van der Waals surface area contributed by atoms with Crippen LogP contribution in [-0.2, 0) is 10.9 Å². The molecule has 3 heterocycles. The lowest BCUT2D eigenvalue weighted by molar-refractivity contribution is -0.137. The third-order valence-corrected chi connectivity index (χ3v) is 5.10. The van der Waals surface area contributed by atoms with E-state index >= 15 is 0 Å². The van der Waals surface area contributed by atoms with Crippen LogP contribution in [0.5, 0.6) is 0 Å². The molecule has 1 aliphatic heterocycles. The quantitative estimate of drug-likeness (QED) is 0.614. The van der Waals surface area contributed by atoms with Gasteiger partial charge in [-0.25, -0.2) is 14.1 Å². The lowest BCUT2D eigenvalue weighted by Gasteiger charge is -2.29. The smallest absolute Gasteiger partial charge is 0.378 e. The van der Waals surface area contributed by atoms with Crippen molar-refractivity contribution in [1.82, 2.24) is 14.8 Å². The third kappa shape index (κ3) is 4.42. The second kappa shape index (κ2) is 8.58. The first kappa shape index (κ1) is 21.8. The molecule has 1 aromatic carbocycles. The van der Waals surface area contributed by atoms with Crippen LogP contribution in [0.25, 0.3) is 5.82 Å². The predicted octanol–water partition coefficient (Wildman–Crippen LogP) is 3.82. The van der Waals surface area contributed by atoms with Crippen LogP contribution in [0.15, 0.2) is 42.7 Å². The minimum Gasteiger partial charge on any atom is -0.378 e. The molecule has 11 heteroatoms. The number of benzene rings is 1. The summed E-state index contributed by atoms with van der Waals surface area (Å²) < 4.78 is 59.3. The van der Waals surface area contributed by atoms with Gasteiger partial charge in [-0.2, -0.15) is 18.3 Å². The average Bonchev–Trinajstić information content (AvgIpc) is 3.15. The van der Waals surface area contributed by atoms with Crippen LogP contribution in [0, 0.1) is 12.7 Å². The van der Waals surface area contributed by atoms with Gasteiger partial charge in [0.15, 0.2) is 5.82 Å². The topological polar surface area (TPSA) is 72.3 Å². The van der Waals surface area contributed by atoms with Crippen LogP contribution in [0.4, 0.5) is 28.9 Å². The van der Waals surface area contributed by atoms with E-state index in [1.807, 2.05) is 4.90 Å². The van der Waals surface area contributed by atoms with Crippen molar-refractivity contribution < 1.29 is 27.1 Å².